The molecule has 0 spiro atoms. The molecule has 0 aromatic carbocycles. The molecule has 0 aliphatic carbocycles. The number of unbranched alkanes of at least 4 members (excludes halogenated alkanes) is 3. The summed E-state index contributed by atoms with van der Waals surface area (Å²) >= 11 is 0. The van der Waals surface area contributed by atoms with Gasteiger partial charge in [-0.1, -0.05) is 26.2 Å². The van der Waals surface area contributed by atoms with E-state index in [0.29, 0.717) is 6.42 Å². The van der Waals surface area contributed by atoms with E-state index in [1.807, 2.05) is 6.92 Å². The average molecular weight is 476 g/mol. The van der Waals surface area contributed by atoms with E-state index < -0.39 is 29.4 Å². The molecule has 13 nitrogen and oxygen atoms in total. The van der Waals surface area contributed by atoms with Crippen molar-refractivity contribution in [1.82, 2.24) is 9.97 Å². The number of carboxylic acid groups (broad SMARTS) is 1. The van der Waals surface area contributed by atoms with Crippen molar-refractivity contribution in [3.8, 4) is 11.8 Å². The van der Waals surface area contributed by atoms with Crippen molar-refractivity contribution in [2.75, 3.05) is 25.6 Å². The number of nitrogens with one attached hydrogen (secondary N) is 1. The fraction of sp³-hybridized carbons (Fsp3) is 0.381. The number of methoxy groups -OCH3 is 1. The maximum atomic E-state index is 12.7. The van der Waals surface area contributed by atoms with E-state index in [-0.39, 0.29) is 41.1 Å². The molecule has 0 radical (unpaired) electrons. The van der Waals surface area contributed by atoms with Crippen molar-refractivity contribution in [3.05, 3.63) is 45.8 Å². The van der Waals surface area contributed by atoms with Gasteiger partial charge in [0.15, 0.2) is 12.3 Å². The third kappa shape index (κ3) is 7.39. The van der Waals surface area contributed by atoms with Gasteiger partial charge in [-0.05, 0) is 24.6 Å². The van der Waals surface area contributed by atoms with Crippen LogP contribution in [0.3, 0.4) is 0 Å². The van der Waals surface area contributed by atoms with E-state index in [9.17, 15) is 24.5 Å². The van der Waals surface area contributed by atoms with Crippen LogP contribution >= 0.6 is 0 Å². The highest BCUT2D eigenvalue weighted by Gasteiger charge is 2.22. The third-order valence-electron chi connectivity index (χ3n) is 4.34. The molecule has 34 heavy (non-hydrogen) atoms. The van der Waals surface area contributed by atoms with Crippen LogP contribution in [0.15, 0.2) is 24.3 Å². The molecule has 0 aliphatic heterocycles. The smallest absolute Gasteiger partial charge is 0.356 e. The summed E-state index contributed by atoms with van der Waals surface area (Å²) in [5, 5.41) is 22.6. The second kappa shape index (κ2) is 12.7. The second-order valence-electron chi connectivity index (χ2n) is 6.86. The number of aromatic nitrogens is 2. The molecule has 0 saturated heterocycles. The van der Waals surface area contributed by atoms with Crippen molar-refractivity contribution in [2.45, 2.75) is 32.6 Å². The van der Waals surface area contributed by atoms with Crippen molar-refractivity contribution in [3.63, 3.8) is 0 Å². The fourth-order valence-corrected chi connectivity index (χ4v) is 2.68. The van der Waals surface area contributed by atoms with Gasteiger partial charge in [0.2, 0.25) is 5.88 Å². The molecule has 2 rings (SSSR count). The molecular formula is C21H24N4O9. The van der Waals surface area contributed by atoms with Crippen LogP contribution in [-0.4, -0.2) is 58.2 Å². The minimum absolute atomic E-state index is 0.0545. The number of aliphatic carboxylic acids is 1. The molecule has 0 aliphatic rings. The normalized spacial score (nSPS) is 10.3. The number of anilines is 1. The number of amides is 1. The molecule has 182 valence electrons. The number of carboxylic acids is 1. The zero-order valence-electron chi connectivity index (χ0n) is 18.6. The number of carbonyl (C=O) groups excluding carboxylic acids is 2. The molecule has 0 bridgehead atoms. The van der Waals surface area contributed by atoms with Crippen LogP contribution in [0.1, 0.15) is 53.6 Å². The first-order valence-corrected chi connectivity index (χ1v) is 10.3. The van der Waals surface area contributed by atoms with Crippen molar-refractivity contribution < 1.29 is 38.6 Å². The molecule has 2 N–H and O–H groups in total. The zero-order chi connectivity index (χ0) is 25.1. The Morgan fingerprint density at radius 2 is 1.74 bits per heavy atom. The molecule has 0 unspecified atom stereocenters. The van der Waals surface area contributed by atoms with E-state index in [1.165, 1.54) is 12.1 Å². The van der Waals surface area contributed by atoms with Crippen molar-refractivity contribution >= 4 is 29.2 Å². The highest BCUT2D eigenvalue weighted by Crippen LogP contribution is 2.27. The van der Waals surface area contributed by atoms with Gasteiger partial charge in [0.05, 0.1) is 18.6 Å². The summed E-state index contributed by atoms with van der Waals surface area (Å²) in [7, 11) is 1.14. The first kappa shape index (κ1) is 26.0. The monoisotopic (exact) mass is 476 g/mol. The largest absolute Gasteiger partial charge is 0.479 e. The Labute approximate surface area is 194 Å². The first-order valence-electron chi connectivity index (χ1n) is 10.3. The van der Waals surface area contributed by atoms with Crippen LogP contribution in [0.2, 0.25) is 0 Å². The van der Waals surface area contributed by atoms with Crippen molar-refractivity contribution in [1.29, 1.82) is 0 Å². The van der Waals surface area contributed by atoms with Crippen LogP contribution < -0.4 is 14.8 Å². The summed E-state index contributed by atoms with van der Waals surface area (Å²) in [6.07, 6.45) is 3.57. The van der Waals surface area contributed by atoms with Gasteiger partial charge in [-0.2, -0.15) is 0 Å². The molecule has 0 saturated carbocycles. The van der Waals surface area contributed by atoms with E-state index in [0.717, 1.165) is 38.5 Å². The Morgan fingerprint density at radius 1 is 1.03 bits per heavy atom. The van der Waals surface area contributed by atoms with Crippen LogP contribution in [0.4, 0.5) is 11.4 Å². The molecule has 0 atom stereocenters. The van der Waals surface area contributed by atoms with Crippen molar-refractivity contribution in [2.24, 2.45) is 0 Å². The topological polar surface area (TPSA) is 180 Å². The van der Waals surface area contributed by atoms with Gasteiger partial charge in [-0.25, -0.2) is 19.6 Å². The summed E-state index contributed by atoms with van der Waals surface area (Å²) in [4.78, 5) is 53.8. The Balaban J connectivity index is 2.26. The molecule has 1 amide bonds. The van der Waals surface area contributed by atoms with E-state index in [1.54, 1.807) is 0 Å². The van der Waals surface area contributed by atoms with E-state index >= 15 is 0 Å². The molecule has 2 heterocycles. The van der Waals surface area contributed by atoms with E-state index in [4.69, 9.17) is 14.6 Å². The Hall–Kier alpha value is -4.29. The van der Waals surface area contributed by atoms with Crippen LogP contribution in [0.5, 0.6) is 11.8 Å². The maximum Gasteiger partial charge on any atom is 0.356 e. The number of esters is 1. The van der Waals surface area contributed by atoms with E-state index in [2.05, 4.69) is 20.0 Å². The molecular weight excluding hydrogens is 452 g/mol. The van der Waals surface area contributed by atoms with Gasteiger partial charge in [-0.3, -0.25) is 14.9 Å². The average Bonchev–Trinajstić information content (AvgIpc) is 2.82. The minimum atomic E-state index is -1.31. The number of hydrogen-bond acceptors (Lipinski definition) is 10. The fourth-order valence-electron chi connectivity index (χ4n) is 2.68. The Kier molecular flexibility index (Phi) is 9.68. The number of nitro groups is 1. The van der Waals surface area contributed by atoms with Gasteiger partial charge in [0.25, 0.3) is 11.8 Å². The predicted molar refractivity (Wildman–Crippen MR) is 117 cm³/mol. The SMILES string of the molecule is CCCCCCOc1nc(C(=O)Nc2ccc(C(=O)OC)nc2OCC(=O)O)ccc1[N+](=O)[O-]. The number of ether oxygens (including phenoxy) is 3. The standard InChI is InChI=1S/C21H24N4O9/c1-3-4-5-6-11-33-20-16(25(30)31)10-9-13(23-20)18(28)22-14-7-8-15(21(29)32-2)24-19(14)34-12-17(26)27/h7-10H,3-6,11-12H2,1-2H3,(H,22,28)(H,26,27). The summed E-state index contributed by atoms with van der Waals surface area (Å²) in [5.74, 6) is -3.53. The predicted octanol–water partition coefficient (Wildman–Crippen LogP) is 2.85. The maximum absolute atomic E-state index is 12.7. The summed E-state index contributed by atoms with van der Waals surface area (Å²) in [6, 6.07) is 4.75. The lowest BCUT2D eigenvalue weighted by molar-refractivity contribution is -0.386. The van der Waals surface area contributed by atoms with Crippen LogP contribution in [0, 0.1) is 10.1 Å². The Bertz CT molecular complexity index is 1060. The third-order valence-corrected chi connectivity index (χ3v) is 4.34. The van der Waals surface area contributed by atoms with Gasteiger partial charge >= 0.3 is 17.6 Å². The lowest BCUT2D eigenvalue weighted by atomic mass is 10.2. The number of pyridine rings is 2. The Morgan fingerprint density at radius 3 is 2.38 bits per heavy atom. The summed E-state index contributed by atoms with van der Waals surface area (Å²) in [6.45, 7) is 1.46. The van der Waals surface area contributed by atoms with Crippen LogP contribution in [-0.2, 0) is 9.53 Å². The molecule has 0 fully saturated rings. The lowest BCUT2D eigenvalue weighted by Gasteiger charge is -2.12. The highest BCUT2D eigenvalue weighted by molar-refractivity contribution is 6.04. The van der Waals surface area contributed by atoms with Gasteiger partial charge < -0.3 is 24.6 Å². The number of rotatable bonds is 13. The number of hydrogen-bond donors (Lipinski definition) is 2. The quantitative estimate of drug-likeness (QED) is 0.188. The van der Waals surface area contributed by atoms with Crippen LogP contribution in [0.25, 0.3) is 0 Å². The first-order chi connectivity index (χ1) is 16.3. The van der Waals surface area contributed by atoms with Gasteiger partial charge in [0.1, 0.15) is 11.4 Å². The van der Waals surface area contributed by atoms with Gasteiger partial charge in [-0.15, -0.1) is 0 Å². The zero-order valence-corrected chi connectivity index (χ0v) is 18.6. The number of carbonyl (C=O) groups is 3. The van der Waals surface area contributed by atoms with Gasteiger partial charge in [0, 0.05) is 6.07 Å². The molecule has 2 aromatic rings. The highest BCUT2D eigenvalue weighted by atomic mass is 16.6. The number of nitrogens with zero attached hydrogens (tertiary/aromatic N) is 3. The minimum Gasteiger partial charge on any atom is -0.479 e. The summed E-state index contributed by atoms with van der Waals surface area (Å²) < 4.78 is 15.1. The molecule has 2 aromatic heterocycles. The summed E-state index contributed by atoms with van der Waals surface area (Å²) in [5.41, 5.74) is -0.814. The lowest BCUT2D eigenvalue weighted by Crippen LogP contribution is -2.18. The second-order valence-corrected chi connectivity index (χ2v) is 6.86. The molecule has 13 heteroatoms.